The number of amides is 2. The first-order valence-corrected chi connectivity index (χ1v) is 12.8. The normalized spacial score (nSPS) is 15.2. The zero-order chi connectivity index (χ0) is 25.9. The molecule has 2 aromatic carbocycles. The highest BCUT2D eigenvalue weighted by Crippen LogP contribution is 2.34. The van der Waals surface area contributed by atoms with Crippen molar-refractivity contribution in [2.75, 3.05) is 26.8 Å². The third kappa shape index (κ3) is 5.70. The Hall–Kier alpha value is -3.39. The van der Waals surface area contributed by atoms with Crippen LogP contribution in [0.2, 0.25) is 0 Å². The second kappa shape index (κ2) is 10.7. The van der Waals surface area contributed by atoms with E-state index in [4.69, 9.17) is 9.47 Å². The van der Waals surface area contributed by atoms with E-state index in [-0.39, 0.29) is 36.8 Å². The lowest BCUT2D eigenvalue weighted by atomic mass is 9.99. The molecule has 0 saturated heterocycles. The van der Waals surface area contributed by atoms with Crippen molar-refractivity contribution in [3.63, 3.8) is 0 Å². The molecule has 1 aliphatic rings. The molecule has 0 radical (unpaired) electrons. The summed E-state index contributed by atoms with van der Waals surface area (Å²) in [6.07, 6.45) is 0.755. The summed E-state index contributed by atoms with van der Waals surface area (Å²) >= 11 is 1.67. The molecule has 2 amide bonds. The number of benzene rings is 2. The van der Waals surface area contributed by atoms with E-state index in [0.29, 0.717) is 23.6 Å². The van der Waals surface area contributed by atoms with Gasteiger partial charge in [-0.15, -0.1) is 11.3 Å². The molecule has 3 aromatic rings. The van der Waals surface area contributed by atoms with E-state index in [0.717, 1.165) is 12.0 Å². The molecule has 0 fully saturated rings. The van der Waals surface area contributed by atoms with Gasteiger partial charge in [-0.3, -0.25) is 9.59 Å². The molecule has 6 nitrogen and oxygen atoms in total. The predicted octanol–water partition coefficient (Wildman–Crippen LogP) is 5.34. The highest BCUT2D eigenvalue weighted by Gasteiger charge is 2.36. The van der Waals surface area contributed by atoms with E-state index in [1.54, 1.807) is 64.6 Å². The molecule has 8 heteroatoms. The fourth-order valence-electron chi connectivity index (χ4n) is 4.33. The van der Waals surface area contributed by atoms with Crippen LogP contribution in [0.25, 0.3) is 0 Å². The van der Waals surface area contributed by atoms with Gasteiger partial charge in [0.15, 0.2) is 0 Å². The fraction of sp³-hybridized carbons (Fsp3) is 0.357. The molecular formula is C28H31FN2O4S. The van der Waals surface area contributed by atoms with E-state index in [2.05, 4.69) is 0 Å². The zero-order valence-electron chi connectivity index (χ0n) is 21.0. The SMILES string of the molecule is COc1cccc(C(=O)N(CC(=O)N2CCc3sccc3C2COc2ccc(F)cc2)C(C)(C)C)c1. The van der Waals surface area contributed by atoms with E-state index in [9.17, 15) is 14.0 Å². The molecular weight excluding hydrogens is 479 g/mol. The maximum absolute atomic E-state index is 13.7. The van der Waals surface area contributed by atoms with Gasteiger partial charge in [-0.25, -0.2) is 4.39 Å². The number of ether oxygens (including phenoxy) is 2. The van der Waals surface area contributed by atoms with Gasteiger partial charge < -0.3 is 19.3 Å². The van der Waals surface area contributed by atoms with Gasteiger partial charge in [-0.05, 0) is 86.7 Å². The number of hydrogen-bond acceptors (Lipinski definition) is 5. The molecule has 1 unspecified atom stereocenters. The van der Waals surface area contributed by atoms with Crippen LogP contribution >= 0.6 is 11.3 Å². The van der Waals surface area contributed by atoms with Crippen LogP contribution in [0.15, 0.2) is 60.0 Å². The number of nitrogens with zero attached hydrogens (tertiary/aromatic N) is 2. The molecule has 2 heterocycles. The number of thiophene rings is 1. The second-order valence-corrected chi connectivity index (χ2v) is 10.7. The maximum atomic E-state index is 13.7. The van der Waals surface area contributed by atoms with Gasteiger partial charge in [0.1, 0.15) is 30.5 Å². The van der Waals surface area contributed by atoms with Crippen LogP contribution in [-0.2, 0) is 11.2 Å². The zero-order valence-corrected chi connectivity index (χ0v) is 21.8. The van der Waals surface area contributed by atoms with Gasteiger partial charge in [-0.1, -0.05) is 6.07 Å². The molecule has 1 aromatic heterocycles. The molecule has 190 valence electrons. The smallest absolute Gasteiger partial charge is 0.254 e. The van der Waals surface area contributed by atoms with E-state index < -0.39 is 5.54 Å². The minimum atomic E-state index is -0.584. The Bertz CT molecular complexity index is 1220. The molecule has 0 aliphatic carbocycles. The first kappa shape index (κ1) is 25.7. The summed E-state index contributed by atoms with van der Waals surface area (Å²) in [6, 6.07) is 14.5. The summed E-state index contributed by atoms with van der Waals surface area (Å²) in [4.78, 5) is 31.9. The number of halogens is 1. The third-order valence-corrected chi connectivity index (χ3v) is 7.30. The number of carbonyl (C=O) groups is 2. The van der Waals surface area contributed by atoms with Crippen LogP contribution in [0.3, 0.4) is 0 Å². The first-order valence-electron chi connectivity index (χ1n) is 11.9. The number of hydrogen-bond donors (Lipinski definition) is 0. The Balaban J connectivity index is 1.56. The van der Waals surface area contributed by atoms with Crippen molar-refractivity contribution >= 4 is 23.2 Å². The number of methoxy groups -OCH3 is 1. The highest BCUT2D eigenvalue weighted by atomic mass is 32.1. The van der Waals surface area contributed by atoms with Crippen molar-refractivity contribution in [2.45, 2.75) is 38.8 Å². The van der Waals surface area contributed by atoms with Crippen molar-refractivity contribution in [3.8, 4) is 11.5 Å². The fourth-order valence-corrected chi connectivity index (χ4v) is 5.26. The molecule has 0 saturated carbocycles. The summed E-state index contributed by atoms with van der Waals surface area (Å²) in [5.74, 6) is 0.406. The lowest BCUT2D eigenvalue weighted by molar-refractivity contribution is -0.136. The van der Waals surface area contributed by atoms with E-state index in [1.165, 1.54) is 17.0 Å². The molecule has 1 atom stereocenters. The van der Waals surface area contributed by atoms with Crippen LogP contribution in [0.1, 0.15) is 47.6 Å². The number of fused-ring (bicyclic) bond motifs is 1. The van der Waals surface area contributed by atoms with Crippen LogP contribution in [-0.4, -0.2) is 54.0 Å². The maximum Gasteiger partial charge on any atom is 0.254 e. The summed E-state index contributed by atoms with van der Waals surface area (Å²) in [5.41, 5.74) is 0.939. The summed E-state index contributed by atoms with van der Waals surface area (Å²) in [5, 5.41) is 2.03. The largest absolute Gasteiger partial charge is 0.497 e. The van der Waals surface area contributed by atoms with E-state index in [1.807, 2.05) is 32.2 Å². The minimum Gasteiger partial charge on any atom is -0.497 e. The van der Waals surface area contributed by atoms with Crippen molar-refractivity contribution in [3.05, 3.63) is 81.8 Å². The van der Waals surface area contributed by atoms with Crippen LogP contribution in [0, 0.1) is 5.82 Å². The van der Waals surface area contributed by atoms with Gasteiger partial charge in [-0.2, -0.15) is 0 Å². The molecule has 0 N–H and O–H groups in total. The standard InChI is InChI=1S/C28H31FN2O4S/c1-28(2,3)31(27(33)19-6-5-7-22(16-19)34-4)17-26(32)30-14-12-25-23(13-15-36-25)24(30)18-35-21-10-8-20(29)9-11-21/h5-11,13,15-16,24H,12,14,17-18H2,1-4H3. The third-order valence-electron chi connectivity index (χ3n) is 6.30. The Morgan fingerprint density at radius 1 is 1.11 bits per heavy atom. The Morgan fingerprint density at radius 2 is 1.86 bits per heavy atom. The van der Waals surface area contributed by atoms with Crippen molar-refractivity contribution < 1.29 is 23.5 Å². The predicted molar refractivity (Wildman–Crippen MR) is 138 cm³/mol. The van der Waals surface area contributed by atoms with Gasteiger partial charge >= 0.3 is 0 Å². The van der Waals surface area contributed by atoms with E-state index >= 15 is 0 Å². The molecule has 1 aliphatic heterocycles. The summed E-state index contributed by atoms with van der Waals surface area (Å²) < 4.78 is 24.6. The topological polar surface area (TPSA) is 59.1 Å². The lowest BCUT2D eigenvalue weighted by Crippen LogP contribution is -2.53. The Morgan fingerprint density at radius 3 is 2.56 bits per heavy atom. The van der Waals surface area contributed by atoms with Crippen molar-refractivity contribution in [1.29, 1.82) is 0 Å². The molecule has 36 heavy (non-hydrogen) atoms. The highest BCUT2D eigenvalue weighted by molar-refractivity contribution is 7.10. The molecule has 4 rings (SSSR count). The van der Waals surface area contributed by atoms with Crippen LogP contribution < -0.4 is 9.47 Å². The van der Waals surface area contributed by atoms with Gasteiger partial charge in [0.05, 0.1) is 13.2 Å². The number of rotatable bonds is 7. The summed E-state index contributed by atoms with van der Waals surface area (Å²) in [6.45, 7) is 6.46. The minimum absolute atomic E-state index is 0.0634. The average Bonchev–Trinajstić information content (AvgIpc) is 3.35. The van der Waals surface area contributed by atoms with Crippen molar-refractivity contribution in [1.82, 2.24) is 9.80 Å². The van der Waals surface area contributed by atoms with Crippen LogP contribution in [0.5, 0.6) is 11.5 Å². The first-order chi connectivity index (χ1) is 17.2. The molecule has 0 spiro atoms. The van der Waals surface area contributed by atoms with Crippen molar-refractivity contribution in [2.24, 2.45) is 0 Å². The Labute approximate surface area is 215 Å². The quantitative estimate of drug-likeness (QED) is 0.431. The lowest BCUT2D eigenvalue weighted by Gasteiger charge is -2.40. The summed E-state index contributed by atoms with van der Waals surface area (Å²) in [7, 11) is 1.55. The van der Waals surface area contributed by atoms with Gasteiger partial charge in [0.2, 0.25) is 5.91 Å². The average molecular weight is 511 g/mol. The van der Waals surface area contributed by atoms with Crippen LogP contribution in [0.4, 0.5) is 4.39 Å². The molecule has 0 bridgehead atoms. The monoisotopic (exact) mass is 510 g/mol. The Kier molecular flexibility index (Phi) is 7.64. The second-order valence-electron chi connectivity index (χ2n) is 9.71. The van der Waals surface area contributed by atoms with Gasteiger partial charge in [0.25, 0.3) is 5.91 Å². The van der Waals surface area contributed by atoms with Gasteiger partial charge in [0, 0.05) is 22.5 Å². The number of carbonyl (C=O) groups excluding carboxylic acids is 2.